The van der Waals surface area contributed by atoms with Crippen LogP contribution in [0.4, 0.5) is 0 Å². The molecule has 2 nitrogen and oxygen atoms in total. The molecule has 2 heteroatoms. The number of nitrogens with zero attached hydrogens (tertiary/aromatic N) is 1. The van der Waals surface area contributed by atoms with E-state index in [1.165, 1.54) is 0 Å². The lowest BCUT2D eigenvalue weighted by Gasteiger charge is -2.41. The Kier molecular flexibility index (Phi) is 2.67. The van der Waals surface area contributed by atoms with E-state index in [1.807, 2.05) is 20.8 Å². The van der Waals surface area contributed by atoms with E-state index in [9.17, 15) is 4.79 Å². The van der Waals surface area contributed by atoms with Crippen LogP contribution < -0.4 is 0 Å². The lowest BCUT2D eigenvalue weighted by molar-refractivity contribution is -0.133. The average molecular weight is 233 g/mol. The fourth-order valence-corrected chi connectivity index (χ4v) is 2.89. The predicted molar refractivity (Wildman–Crippen MR) is 69.5 cm³/mol. The van der Waals surface area contributed by atoms with Gasteiger partial charge in [-0.3, -0.25) is 9.69 Å². The molecule has 0 aromatic heterocycles. The SMILES string of the molecule is CC(C)(C)C(=O)[C@@H]1C[C@H]2C#C[C@H]2N1C(C)(C)C. The van der Waals surface area contributed by atoms with Crippen molar-refractivity contribution < 1.29 is 4.79 Å². The summed E-state index contributed by atoms with van der Waals surface area (Å²) in [6.45, 7) is 12.6. The minimum absolute atomic E-state index is 0.0140. The monoisotopic (exact) mass is 233 g/mol. The molecule has 0 radical (unpaired) electrons. The fraction of sp³-hybridized carbons (Fsp3) is 0.800. The van der Waals surface area contributed by atoms with E-state index in [-0.39, 0.29) is 17.0 Å². The number of rotatable bonds is 1. The minimum atomic E-state index is -0.266. The molecular formula is C15H23NO. The van der Waals surface area contributed by atoms with E-state index >= 15 is 0 Å². The number of ketones is 1. The standard InChI is InChI=1S/C15H23NO/c1-14(2,3)13(17)12-9-10-7-8-11(10)16(12)15(4,5)6/h10-12H,9H2,1-6H3/t10-,11-,12+/m1/s1. The molecule has 2 aliphatic rings. The van der Waals surface area contributed by atoms with E-state index in [2.05, 4.69) is 37.5 Å². The maximum atomic E-state index is 12.5. The van der Waals surface area contributed by atoms with Gasteiger partial charge in [-0.1, -0.05) is 32.6 Å². The van der Waals surface area contributed by atoms with E-state index in [0.29, 0.717) is 17.7 Å². The second-order valence-corrected chi connectivity index (χ2v) is 7.28. The number of carbonyl (C=O) groups excluding carboxylic acids is 1. The maximum Gasteiger partial charge on any atom is 0.155 e. The molecule has 2 rings (SSSR count). The molecule has 0 bridgehead atoms. The summed E-state index contributed by atoms with van der Waals surface area (Å²) in [5.41, 5.74) is -0.252. The van der Waals surface area contributed by atoms with Crippen molar-refractivity contribution in [2.24, 2.45) is 11.3 Å². The summed E-state index contributed by atoms with van der Waals surface area (Å²) < 4.78 is 0. The van der Waals surface area contributed by atoms with Gasteiger partial charge in [-0.25, -0.2) is 0 Å². The zero-order valence-corrected chi connectivity index (χ0v) is 11.8. The van der Waals surface area contributed by atoms with Crippen LogP contribution in [0.3, 0.4) is 0 Å². The number of likely N-dealkylation sites (tertiary alicyclic amines) is 1. The molecule has 94 valence electrons. The second-order valence-electron chi connectivity index (χ2n) is 7.28. The Hall–Kier alpha value is -0.810. The Labute approximate surface area is 105 Å². The van der Waals surface area contributed by atoms with Crippen molar-refractivity contribution in [3.63, 3.8) is 0 Å². The lowest BCUT2D eigenvalue weighted by atomic mass is 9.83. The third-order valence-electron chi connectivity index (χ3n) is 3.73. The summed E-state index contributed by atoms with van der Waals surface area (Å²) >= 11 is 0. The number of fused-ring (bicyclic) bond motifs is 1. The van der Waals surface area contributed by atoms with Crippen LogP contribution in [0.5, 0.6) is 0 Å². The smallest absolute Gasteiger partial charge is 0.155 e. The first kappa shape index (κ1) is 12.6. The highest BCUT2D eigenvalue weighted by Gasteiger charge is 2.51. The average Bonchev–Trinajstić information content (AvgIpc) is 2.35. The van der Waals surface area contributed by atoms with Gasteiger partial charge < -0.3 is 0 Å². The van der Waals surface area contributed by atoms with Crippen LogP contribution in [0.15, 0.2) is 0 Å². The highest BCUT2D eigenvalue weighted by Crippen LogP contribution is 2.41. The van der Waals surface area contributed by atoms with Crippen LogP contribution in [-0.4, -0.2) is 28.3 Å². The van der Waals surface area contributed by atoms with Crippen molar-refractivity contribution >= 4 is 5.78 Å². The van der Waals surface area contributed by atoms with Gasteiger partial charge in [-0.05, 0) is 27.2 Å². The number of hydrogen-bond donors (Lipinski definition) is 0. The van der Waals surface area contributed by atoms with Gasteiger partial charge in [0.1, 0.15) is 0 Å². The fourth-order valence-electron chi connectivity index (χ4n) is 2.89. The van der Waals surface area contributed by atoms with Gasteiger partial charge in [0.15, 0.2) is 5.78 Å². The van der Waals surface area contributed by atoms with Gasteiger partial charge in [-0.2, -0.15) is 0 Å². The van der Waals surface area contributed by atoms with Gasteiger partial charge in [-0.15, -0.1) is 0 Å². The van der Waals surface area contributed by atoms with Crippen molar-refractivity contribution in [2.75, 3.05) is 0 Å². The molecule has 17 heavy (non-hydrogen) atoms. The molecule has 0 spiro atoms. The van der Waals surface area contributed by atoms with Crippen molar-refractivity contribution in [3.8, 4) is 11.8 Å². The summed E-state index contributed by atoms with van der Waals surface area (Å²) in [5, 5.41) is 0. The summed E-state index contributed by atoms with van der Waals surface area (Å²) in [7, 11) is 0. The highest BCUT2D eigenvalue weighted by molar-refractivity contribution is 5.89. The Morgan fingerprint density at radius 3 is 2.06 bits per heavy atom. The lowest BCUT2D eigenvalue weighted by Crippen LogP contribution is -2.54. The van der Waals surface area contributed by atoms with Crippen LogP contribution >= 0.6 is 0 Å². The zero-order chi connectivity index (χ0) is 13.0. The molecule has 1 aliphatic heterocycles. The van der Waals surface area contributed by atoms with Gasteiger partial charge >= 0.3 is 0 Å². The molecule has 0 N–H and O–H groups in total. The molecule has 0 amide bonds. The van der Waals surface area contributed by atoms with Crippen LogP contribution in [0.2, 0.25) is 0 Å². The van der Waals surface area contributed by atoms with Crippen LogP contribution in [-0.2, 0) is 4.79 Å². The molecule has 1 fully saturated rings. The summed E-state index contributed by atoms with van der Waals surface area (Å²) in [6, 6.07) is 0.346. The molecule has 0 aromatic rings. The van der Waals surface area contributed by atoms with Gasteiger partial charge in [0.2, 0.25) is 0 Å². The third-order valence-corrected chi connectivity index (χ3v) is 3.73. The number of carbonyl (C=O) groups is 1. The largest absolute Gasteiger partial charge is 0.297 e. The highest BCUT2D eigenvalue weighted by atomic mass is 16.1. The normalized spacial score (nSPS) is 32.5. The van der Waals surface area contributed by atoms with Crippen molar-refractivity contribution in [1.82, 2.24) is 4.90 Å². The third kappa shape index (κ3) is 2.02. The molecular weight excluding hydrogens is 210 g/mol. The van der Waals surface area contributed by atoms with Crippen molar-refractivity contribution in [2.45, 2.75) is 65.6 Å². The van der Waals surface area contributed by atoms with E-state index in [4.69, 9.17) is 0 Å². The van der Waals surface area contributed by atoms with E-state index in [1.54, 1.807) is 0 Å². The maximum absolute atomic E-state index is 12.5. The van der Waals surface area contributed by atoms with Crippen LogP contribution in [0.25, 0.3) is 0 Å². The molecule has 1 saturated heterocycles. The molecule has 1 heterocycles. The molecule has 3 atom stereocenters. The van der Waals surface area contributed by atoms with E-state index < -0.39 is 0 Å². The second kappa shape index (κ2) is 3.59. The Morgan fingerprint density at radius 1 is 1.12 bits per heavy atom. The van der Waals surface area contributed by atoms with Crippen LogP contribution in [0, 0.1) is 23.2 Å². The van der Waals surface area contributed by atoms with Gasteiger partial charge in [0.05, 0.1) is 12.1 Å². The summed E-state index contributed by atoms with van der Waals surface area (Å²) in [6.07, 6.45) is 0.922. The first-order valence-corrected chi connectivity index (χ1v) is 6.46. The Morgan fingerprint density at radius 2 is 1.71 bits per heavy atom. The molecule has 0 saturated carbocycles. The van der Waals surface area contributed by atoms with Crippen molar-refractivity contribution in [3.05, 3.63) is 0 Å². The minimum Gasteiger partial charge on any atom is -0.297 e. The molecule has 0 unspecified atom stereocenters. The van der Waals surface area contributed by atoms with Gasteiger partial charge in [0.25, 0.3) is 0 Å². The topological polar surface area (TPSA) is 20.3 Å². The quantitative estimate of drug-likeness (QED) is 0.648. The van der Waals surface area contributed by atoms with Crippen molar-refractivity contribution in [1.29, 1.82) is 0 Å². The number of hydrogen-bond acceptors (Lipinski definition) is 2. The summed E-state index contributed by atoms with van der Waals surface area (Å²) in [4.78, 5) is 14.9. The Bertz CT molecular complexity index is 399. The van der Waals surface area contributed by atoms with Crippen LogP contribution in [0.1, 0.15) is 48.0 Å². The van der Waals surface area contributed by atoms with Gasteiger partial charge in [0, 0.05) is 16.9 Å². The number of Topliss-reactive ketones (excluding diaryl/α,β-unsaturated/α-hetero) is 1. The van der Waals surface area contributed by atoms with E-state index in [0.717, 1.165) is 6.42 Å². The zero-order valence-electron chi connectivity index (χ0n) is 11.8. The molecule has 1 aliphatic carbocycles. The summed E-state index contributed by atoms with van der Waals surface area (Å²) in [5.74, 6) is 7.20. The molecule has 0 aromatic carbocycles. The predicted octanol–water partition coefficient (Wildman–Crippen LogP) is 2.48. The Balaban J connectivity index is 2.27. The first-order chi connectivity index (χ1) is 7.62. The first-order valence-electron chi connectivity index (χ1n) is 6.46.